The SMILES string of the molecule is CC(=O)N1C=CC(c2ccccc2C(F)(F)F)C=C1. The van der Waals surface area contributed by atoms with Crippen molar-refractivity contribution in [1.82, 2.24) is 4.90 Å². The summed E-state index contributed by atoms with van der Waals surface area (Å²) in [5.74, 6) is -0.663. The Morgan fingerprint density at radius 1 is 1.16 bits per heavy atom. The van der Waals surface area contributed by atoms with Gasteiger partial charge in [-0.05, 0) is 11.6 Å². The van der Waals surface area contributed by atoms with Gasteiger partial charge < -0.3 is 0 Å². The highest BCUT2D eigenvalue weighted by atomic mass is 19.4. The van der Waals surface area contributed by atoms with Gasteiger partial charge in [0.05, 0.1) is 5.56 Å². The number of nitrogens with zero attached hydrogens (tertiary/aromatic N) is 1. The van der Waals surface area contributed by atoms with Crippen molar-refractivity contribution in [2.24, 2.45) is 0 Å². The van der Waals surface area contributed by atoms with Crippen LogP contribution in [0.15, 0.2) is 48.8 Å². The van der Waals surface area contributed by atoms with Crippen molar-refractivity contribution in [3.05, 3.63) is 59.9 Å². The predicted octanol–water partition coefficient (Wildman–Crippen LogP) is 3.68. The summed E-state index contributed by atoms with van der Waals surface area (Å²) < 4.78 is 38.7. The van der Waals surface area contributed by atoms with Crippen molar-refractivity contribution in [3.8, 4) is 0 Å². The van der Waals surface area contributed by atoms with Crippen molar-refractivity contribution < 1.29 is 18.0 Å². The van der Waals surface area contributed by atoms with Crippen molar-refractivity contribution >= 4 is 5.91 Å². The lowest BCUT2D eigenvalue weighted by Gasteiger charge is -2.21. The highest BCUT2D eigenvalue weighted by Crippen LogP contribution is 2.36. The van der Waals surface area contributed by atoms with E-state index in [0.29, 0.717) is 0 Å². The summed E-state index contributed by atoms with van der Waals surface area (Å²) in [6.07, 6.45) is 1.74. The number of amides is 1. The van der Waals surface area contributed by atoms with Crippen LogP contribution in [0.4, 0.5) is 13.2 Å². The second-order valence-corrected chi connectivity index (χ2v) is 4.22. The highest BCUT2D eigenvalue weighted by molar-refractivity contribution is 5.75. The Kier molecular flexibility index (Phi) is 3.46. The molecule has 100 valence electrons. The van der Waals surface area contributed by atoms with Gasteiger partial charge in [0, 0.05) is 25.2 Å². The summed E-state index contributed by atoms with van der Waals surface area (Å²) in [4.78, 5) is 12.4. The van der Waals surface area contributed by atoms with Gasteiger partial charge in [-0.1, -0.05) is 30.4 Å². The Morgan fingerprint density at radius 3 is 2.26 bits per heavy atom. The molecular formula is C14H12F3NO. The van der Waals surface area contributed by atoms with E-state index in [0.717, 1.165) is 6.07 Å². The third-order valence-corrected chi connectivity index (χ3v) is 2.90. The van der Waals surface area contributed by atoms with Crippen LogP contribution in [0.3, 0.4) is 0 Å². The van der Waals surface area contributed by atoms with Crippen molar-refractivity contribution in [2.45, 2.75) is 19.0 Å². The van der Waals surface area contributed by atoms with Gasteiger partial charge in [-0.2, -0.15) is 13.2 Å². The number of rotatable bonds is 1. The molecule has 0 unspecified atom stereocenters. The molecule has 1 aliphatic rings. The first-order chi connectivity index (χ1) is 8.89. The molecule has 5 heteroatoms. The predicted molar refractivity (Wildman–Crippen MR) is 65.0 cm³/mol. The topological polar surface area (TPSA) is 20.3 Å². The largest absolute Gasteiger partial charge is 0.416 e. The molecule has 0 aliphatic carbocycles. The molecule has 1 aromatic rings. The average molecular weight is 267 g/mol. The zero-order valence-electron chi connectivity index (χ0n) is 10.2. The molecule has 2 nitrogen and oxygen atoms in total. The van der Waals surface area contributed by atoms with E-state index >= 15 is 0 Å². The number of carbonyl (C=O) groups excluding carboxylic acids is 1. The van der Waals surface area contributed by atoms with Crippen molar-refractivity contribution in [1.29, 1.82) is 0 Å². The molecule has 1 heterocycles. The van der Waals surface area contributed by atoms with Crippen molar-refractivity contribution in [3.63, 3.8) is 0 Å². The van der Waals surface area contributed by atoms with Gasteiger partial charge in [0.1, 0.15) is 0 Å². The lowest BCUT2D eigenvalue weighted by Crippen LogP contribution is -2.19. The van der Waals surface area contributed by atoms with Crippen LogP contribution in [0.5, 0.6) is 0 Å². The monoisotopic (exact) mass is 267 g/mol. The number of allylic oxidation sites excluding steroid dienone is 2. The quantitative estimate of drug-likeness (QED) is 0.760. The molecule has 1 aromatic carbocycles. The van der Waals surface area contributed by atoms with E-state index in [2.05, 4.69) is 0 Å². The normalized spacial score (nSPS) is 15.9. The number of halogens is 3. The van der Waals surface area contributed by atoms with Crippen LogP contribution in [-0.2, 0) is 11.0 Å². The maximum Gasteiger partial charge on any atom is 0.416 e. The van der Waals surface area contributed by atoms with Gasteiger partial charge >= 0.3 is 6.18 Å². The summed E-state index contributed by atoms with van der Waals surface area (Å²) in [7, 11) is 0. The first-order valence-electron chi connectivity index (χ1n) is 5.71. The molecule has 0 spiro atoms. The Labute approximate surface area is 108 Å². The third-order valence-electron chi connectivity index (χ3n) is 2.90. The van der Waals surface area contributed by atoms with Gasteiger partial charge in [-0.3, -0.25) is 9.69 Å². The number of carbonyl (C=O) groups is 1. The molecule has 0 radical (unpaired) electrons. The Bertz CT molecular complexity index is 532. The van der Waals surface area contributed by atoms with Crippen LogP contribution in [0.1, 0.15) is 24.0 Å². The molecule has 19 heavy (non-hydrogen) atoms. The van der Waals surface area contributed by atoms with E-state index < -0.39 is 17.7 Å². The molecule has 0 bridgehead atoms. The standard InChI is InChI=1S/C14H12F3NO/c1-10(19)18-8-6-11(7-9-18)12-4-2-3-5-13(12)14(15,16)17/h2-9,11H,1H3. The Morgan fingerprint density at radius 2 is 1.74 bits per heavy atom. The molecule has 0 fully saturated rings. The number of hydrogen-bond donors (Lipinski definition) is 0. The zero-order chi connectivity index (χ0) is 14.0. The fourth-order valence-corrected chi connectivity index (χ4v) is 1.95. The fraction of sp³-hybridized carbons (Fsp3) is 0.214. The van der Waals surface area contributed by atoms with Gasteiger partial charge in [0.25, 0.3) is 0 Å². The van der Waals surface area contributed by atoms with Crippen LogP contribution < -0.4 is 0 Å². The second kappa shape index (κ2) is 4.91. The number of alkyl halides is 3. The maximum atomic E-state index is 12.9. The van der Waals surface area contributed by atoms with E-state index in [9.17, 15) is 18.0 Å². The van der Waals surface area contributed by atoms with Crippen LogP contribution in [0, 0.1) is 0 Å². The third kappa shape index (κ3) is 2.86. The molecule has 2 rings (SSSR count). The smallest absolute Gasteiger partial charge is 0.296 e. The minimum atomic E-state index is -4.38. The lowest BCUT2D eigenvalue weighted by molar-refractivity contribution is -0.138. The highest BCUT2D eigenvalue weighted by Gasteiger charge is 2.34. The number of benzene rings is 1. The van der Waals surface area contributed by atoms with Gasteiger partial charge in [-0.25, -0.2) is 0 Å². The maximum absolute atomic E-state index is 12.9. The molecule has 0 N–H and O–H groups in total. The van der Waals surface area contributed by atoms with Crippen LogP contribution in [0.25, 0.3) is 0 Å². The summed E-state index contributed by atoms with van der Waals surface area (Å²) in [6, 6.07) is 5.45. The zero-order valence-corrected chi connectivity index (χ0v) is 10.2. The molecule has 0 saturated heterocycles. The van der Waals surface area contributed by atoms with Gasteiger partial charge in [-0.15, -0.1) is 0 Å². The molecule has 0 aromatic heterocycles. The van der Waals surface area contributed by atoms with Gasteiger partial charge in [0.2, 0.25) is 5.91 Å². The van der Waals surface area contributed by atoms with E-state index in [-0.39, 0.29) is 11.5 Å². The van der Waals surface area contributed by atoms with E-state index in [1.807, 2.05) is 0 Å². The molecule has 1 amide bonds. The first kappa shape index (κ1) is 13.4. The molecule has 0 saturated carbocycles. The van der Waals surface area contributed by atoms with Crippen molar-refractivity contribution in [2.75, 3.05) is 0 Å². The molecular weight excluding hydrogens is 255 g/mol. The summed E-state index contributed by atoms with van der Waals surface area (Å²) >= 11 is 0. The van der Waals surface area contributed by atoms with Crippen LogP contribution >= 0.6 is 0 Å². The minimum absolute atomic E-state index is 0.185. The lowest BCUT2D eigenvalue weighted by atomic mass is 9.92. The van der Waals surface area contributed by atoms with E-state index in [1.54, 1.807) is 18.2 Å². The minimum Gasteiger partial charge on any atom is -0.296 e. The second-order valence-electron chi connectivity index (χ2n) is 4.22. The Balaban J connectivity index is 2.33. The average Bonchev–Trinajstić information content (AvgIpc) is 2.38. The molecule has 0 atom stereocenters. The Hall–Kier alpha value is -2.04. The van der Waals surface area contributed by atoms with Gasteiger partial charge in [0.15, 0.2) is 0 Å². The van der Waals surface area contributed by atoms with E-state index in [1.165, 1.54) is 36.4 Å². The van der Waals surface area contributed by atoms with Crippen LogP contribution in [-0.4, -0.2) is 10.8 Å². The number of hydrogen-bond acceptors (Lipinski definition) is 1. The summed E-state index contributed by atoms with van der Waals surface area (Å²) in [5.41, 5.74) is -0.462. The summed E-state index contributed by atoms with van der Waals surface area (Å²) in [5, 5.41) is 0. The molecule has 1 aliphatic heterocycles. The first-order valence-corrected chi connectivity index (χ1v) is 5.71. The van der Waals surface area contributed by atoms with Crippen LogP contribution in [0.2, 0.25) is 0 Å². The van der Waals surface area contributed by atoms with E-state index in [4.69, 9.17) is 0 Å². The fourth-order valence-electron chi connectivity index (χ4n) is 1.95. The summed E-state index contributed by atoms with van der Waals surface area (Å²) in [6.45, 7) is 1.39.